The largest absolute Gasteiger partial charge is 0.0622 e. The molecule has 0 heterocycles. The first-order valence-corrected chi connectivity index (χ1v) is 12.1. The van der Waals surface area contributed by atoms with E-state index in [0.717, 1.165) is 12.8 Å². The van der Waals surface area contributed by atoms with E-state index in [0.29, 0.717) is 0 Å². The highest BCUT2D eigenvalue weighted by molar-refractivity contribution is 5.83. The number of fused-ring (bicyclic) bond motifs is 3. The van der Waals surface area contributed by atoms with Crippen LogP contribution in [0.1, 0.15) is 62.4 Å². The third-order valence-corrected chi connectivity index (χ3v) is 7.19. The zero-order valence-corrected chi connectivity index (χ0v) is 20.6. The van der Waals surface area contributed by atoms with Crippen molar-refractivity contribution >= 4 is 0 Å². The van der Waals surface area contributed by atoms with Gasteiger partial charge in [-0.15, -0.1) is 0 Å². The molecule has 166 valence electrons. The van der Waals surface area contributed by atoms with Crippen molar-refractivity contribution in [2.45, 2.75) is 58.3 Å². The number of hydrogen-bond donors (Lipinski definition) is 0. The molecule has 5 rings (SSSR count). The lowest BCUT2D eigenvalue weighted by molar-refractivity contribution is 0.524. The average Bonchev–Trinajstić information content (AvgIpc) is 3.15. The van der Waals surface area contributed by atoms with E-state index in [1.165, 1.54) is 50.1 Å². The number of benzene rings is 4. The molecule has 0 nitrogen and oxygen atoms in total. The fraction of sp³-hybridized carbons (Fsp3) is 0.273. The standard InChI is InChI=1S/C33H34/c1-32(2,3)27-17-16-25-18-26-19-30(24-14-10-7-11-15-24)31(21-29(26)28(25)20-27)33(4,5)22-23-12-8-6-9-13-23/h6-17,19-21H,18,22H2,1-5H3. The van der Waals surface area contributed by atoms with Gasteiger partial charge in [0.1, 0.15) is 0 Å². The van der Waals surface area contributed by atoms with Gasteiger partial charge in [0.15, 0.2) is 0 Å². The third kappa shape index (κ3) is 4.15. The van der Waals surface area contributed by atoms with Crippen LogP contribution < -0.4 is 0 Å². The van der Waals surface area contributed by atoms with Crippen LogP contribution in [0.5, 0.6) is 0 Å². The summed E-state index contributed by atoms with van der Waals surface area (Å²) in [5.74, 6) is 0. The van der Waals surface area contributed by atoms with Crippen LogP contribution in [0.25, 0.3) is 22.3 Å². The first-order valence-electron chi connectivity index (χ1n) is 12.1. The molecular formula is C33H34. The Morgan fingerprint density at radius 1 is 0.606 bits per heavy atom. The monoisotopic (exact) mass is 430 g/mol. The summed E-state index contributed by atoms with van der Waals surface area (Å²) >= 11 is 0. The molecule has 0 aliphatic heterocycles. The van der Waals surface area contributed by atoms with Crippen LogP contribution in [0.3, 0.4) is 0 Å². The Morgan fingerprint density at radius 2 is 1.24 bits per heavy atom. The van der Waals surface area contributed by atoms with Gasteiger partial charge in [0.05, 0.1) is 0 Å². The molecule has 4 aromatic carbocycles. The van der Waals surface area contributed by atoms with E-state index < -0.39 is 0 Å². The number of hydrogen-bond acceptors (Lipinski definition) is 0. The molecule has 0 atom stereocenters. The first kappa shape index (κ1) is 21.7. The summed E-state index contributed by atoms with van der Waals surface area (Å²) in [5, 5.41) is 0. The SMILES string of the molecule is CC(C)(C)c1ccc2c(c1)-c1cc(C(C)(C)Cc3ccccc3)c(-c3ccccc3)cc1C2. The molecule has 0 amide bonds. The topological polar surface area (TPSA) is 0 Å². The molecule has 1 aliphatic rings. The Kier molecular flexibility index (Phi) is 5.28. The predicted octanol–water partition coefficient (Wildman–Crippen LogP) is 8.74. The molecule has 0 spiro atoms. The molecule has 0 fully saturated rings. The molecule has 1 aliphatic carbocycles. The lowest BCUT2D eigenvalue weighted by atomic mass is 9.74. The second-order valence-electron chi connectivity index (χ2n) is 11.3. The van der Waals surface area contributed by atoms with Gasteiger partial charge in [-0.05, 0) is 85.9 Å². The first-order chi connectivity index (χ1) is 15.7. The van der Waals surface area contributed by atoms with E-state index >= 15 is 0 Å². The zero-order valence-electron chi connectivity index (χ0n) is 20.6. The summed E-state index contributed by atoms with van der Waals surface area (Å²) in [7, 11) is 0. The maximum Gasteiger partial charge on any atom is -0.00132 e. The summed E-state index contributed by atoms with van der Waals surface area (Å²) in [6.45, 7) is 11.7. The smallest absolute Gasteiger partial charge is 0.00132 e. The van der Waals surface area contributed by atoms with Crippen molar-refractivity contribution in [2.24, 2.45) is 0 Å². The third-order valence-electron chi connectivity index (χ3n) is 7.19. The van der Waals surface area contributed by atoms with E-state index in [-0.39, 0.29) is 10.8 Å². The van der Waals surface area contributed by atoms with E-state index in [9.17, 15) is 0 Å². The predicted molar refractivity (Wildman–Crippen MR) is 142 cm³/mol. The lowest BCUT2D eigenvalue weighted by Gasteiger charge is -2.29. The maximum absolute atomic E-state index is 2.51. The molecule has 4 aromatic rings. The van der Waals surface area contributed by atoms with Gasteiger partial charge in [0.2, 0.25) is 0 Å². The van der Waals surface area contributed by atoms with Crippen molar-refractivity contribution < 1.29 is 0 Å². The summed E-state index contributed by atoms with van der Waals surface area (Å²) in [4.78, 5) is 0. The van der Waals surface area contributed by atoms with Gasteiger partial charge < -0.3 is 0 Å². The Labute approximate surface area is 199 Å². The number of rotatable bonds is 4. The summed E-state index contributed by atoms with van der Waals surface area (Å²) in [6.07, 6.45) is 2.04. The molecule has 0 N–H and O–H groups in total. The van der Waals surface area contributed by atoms with E-state index in [1.807, 2.05) is 0 Å². The van der Waals surface area contributed by atoms with Gasteiger partial charge in [-0.2, -0.15) is 0 Å². The molecule has 0 unspecified atom stereocenters. The fourth-order valence-electron chi connectivity index (χ4n) is 5.31. The van der Waals surface area contributed by atoms with Crippen molar-refractivity contribution in [1.82, 2.24) is 0 Å². The van der Waals surface area contributed by atoms with Gasteiger partial charge >= 0.3 is 0 Å². The van der Waals surface area contributed by atoms with Crippen LogP contribution in [0.2, 0.25) is 0 Å². The Bertz CT molecular complexity index is 1290. The van der Waals surface area contributed by atoms with Crippen LogP contribution in [-0.2, 0) is 23.7 Å². The molecule has 0 bridgehead atoms. The molecule has 0 saturated heterocycles. The Hall–Kier alpha value is -3.12. The molecule has 0 radical (unpaired) electrons. The second-order valence-corrected chi connectivity index (χ2v) is 11.3. The van der Waals surface area contributed by atoms with Gasteiger partial charge in [-0.1, -0.05) is 113 Å². The summed E-state index contributed by atoms with van der Waals surface area (Å²) in [6, 6.07) is 33.9. The molecule has 0 heteroatoms. The quantitative estimate of drug-likeness (QED) is 0.267. The minimum Gasteiger partial charge on any atom is -0.0622 e. The zero-order chi connectivity index (χ0) is 23.2. The van der Waals surface area contributed by atoms with Crippen LogP contribution in [0.4, 0.5) is 0 Å². The highest BCUT2D eigenvalue weighted by Gasteiger charge is 2.29. The van der Waals surface area contributed by atoms with E-state index in [1.54, 1.807) is 0 Å². The van der Waals surface area contributed by atoms with Crippen molar-refractivity contribution in [3.8, 4) is 22.3 Å². The molecular weight excluding hydrogens is 396 g/mol. The van der Waals surface area contributed by atoms with Crippen LogP contribution in [0, 0.1) is 0 Å². The summed E-state index contributed by atoms with van der Waals surface area (Å²) in [5.41, 5.74) is 12.8. The molecule has 33 heavy (non-hydrogen) atoms. The van der Waals surface area contributed by atoms with Gasteiger partial charge in [-0.3, -0.25) is 0 Å². The fourth-order valence-corrected chi connectivity index (χ4v) is 5.31. The minimum absolute atomic E-state index is 0.00590. The second kappa shape index (κ2) is 8.03. The van der Waals surface area contributed by atoms with Crippen LogP contribution >= 0.6 is 0 Å². The summed E-state index contributed by atoms with van der Waals surface area (Å²) < 4.78 is 0. The highest BCUT2D eigenvalue weighted by atomic mass is 14.3. The van der Waals surface area contributed by atoms with Crippen molar-refractivity contribution in [3.63, 3.8) is 0 Å². The van der Waals surface area contributed by atoms with E-state index in [2.05, 4.69) is 126 Å². The van der Waals surface area contributed by atoms with Crippen molar-refractivity contribution in [1.29, 1.82) is 0 Å². The lowest BCUT2D eigenvalue weighted by Crippen LogP contribution is -2.22. The maximum atomic E-state index is 2.51. The van der Waals surface area contributed by atoms with E-state index in [4.69, 9.17) is 0 Å². The highest BCUT2D eigenvalue weighted by Crippen LogP contribution is 2.45. The Morgan fingerprint density at radius 3 is 1.91 bits per heavy atom. The van der Waals surface area contributed by atoms with Gasteiger partial charge in [-0.25, -0.2) is 0 Å². The minimum atomic E-state index is 0.00590. The normalized spacial score (nSPS) is 13.0. The molecule has 0 aromatic heterocycles. The average molecular weight is 431 g/mol. The van der Waals surface area contributed by atoms with Crippen molar-refractivity contribution in [2.75, 3.05) is 0 Å². The van der Waals surface area contributed by atoms with Crippen LogP contribution in [-0.4, -0.2) is 0 Å². The Balaban J connectivity index is 1.69. The van der Waals surface area contributed by atoms with Gasteiger partial charge in [0.25, 0.3) is 0 Å². The molecule has 0 saturated carbocycles. The van der Waals surface area contributed by atoms with Crippen molar-refractivity contribution in [3.05, 3.63) is 119 Å². The van der Waals surface area contributed by atoms with Crippen LogP contribution in [0.15, 0.2) is 91.0 Å². The van der Waals surface area contributed by atoms with Gasteiger partial charge in [0, 0.05) is 0 Å².